The molecule has 27 heavy (non-hydrogen) atoms. The van der Waals surface area contributed by atoms with E-state index < -0.39 is 0 Å². The fraction of sp³-hybridized carbons (Fsp3) is 0.421. The lowest BCUT2D eigenvalue weighted by atomic mass is 10.1. The van der Waals surface area contributed by atoms with Crippen molar-refractivity contribution in [3.05, 3.63) is 53.0 Å². The number of carbonyl (C=O) groups excluding carboxylic acids is 1. The van der Waals surface area contributed by atoms with Gasteiger partial charge in [-0.3, -0.25) is 13.9 Å². The van der Waals surface area contributed by atoms with Gasteiger partial charge in [-0.25, -0.2) is 9.78 Å². The normalized spacial score (nSPS) is 17.5. The first-order valence-electron chi connectivity index (χ1n) is 9.08. The average Bonchev–Trinajstić information content (AvgIpc) is 3.32. The van der Waals surface area contributed by atoms with Gasteiger partial charge in [0.05, 0.1) is 31.0 Å². The van der Waals surface area contributed by atoms with Crippen molar-refractivity contribution in [1.29, 1.82) is 0 Å². The van der Waals surface area contributed by atoms with Gasteiger partial charge >= 0.3 is 5.69 Å². The molecule has 142 valence electrons. The predicted octanol–water partition coefficient (Wildman–Crippen LogP) is 1.91. The van der Waals surface area contributed by atoms with Crippen molar-refractivity contribution in [1.82, 2.24) is 19.0 Å². The molecule has 0 aromatic carbocycles. The number of fused-ring (bicyclic) bond motifs is 1. The summed E-state index contributed by atoms with van der Waals surface area (Å²) in [5, 5.41) is 0. The van der Waals surface area contributed by atoms with E-state index in [4.69, 9.17) is 9.15 Å². The summed E-state index contributed by atoms with van der Waals surface area (Å²) in [4.78, 5) is 31.9. The number of amides is 1. The van der Waals surface area contributed by atoms with E-state index in [9.17, 15) is 9.59 Å². The third-order valence-electron chi connectivity index (χ3n) is 5.02. The number of piperidine rings is 1. The lowest BCUT2D eigenvalue weighted by Gasteiger charge is -2.32. The van der Waals surface area contributed by atoms with E-state index >= 15 is 0 Å². The highest BCUT2D eigenvalue weighted by Gasteiger charge is 2.29. The number of hydrogen-bond donors (Lipinski definition) is 0. The lowest BCUT2D eigenvalue weighted by Crippen LogP contribution is -2.43. The molecule has 1 amide bonds. The van der Waals surface area contributed by atoms with Crippen molar-refractivity contribution >= 4 is 17.1 Å². The summed E-state index contributed by atoms with van der Waals surface area (Å²) in [5.41, 5.74) is 1.32. The van der Waals surface area contributed by atoms with E-state index in [1.54, 1.807) is 39.5 Å². The number of rotatable bonds is 5. The van der Waals surface area contributed by atoms with E-state index in [-0.39, 0.29) is 17.6 Å². The second-order valence-corrected chi connectivity index (χ2v) is 6.67. The van der Waals surface area contributed by atoms with Crippen molar-refractivity contribution in [2.45, 2.75) is 25.4 Å². The van der Waals surface area contributed by atoms with Gasteiger partial charge in [0.2, 0.25) is 0 Å². The number of methoxy groups -OCH3 is 1. The number of furan rings is 1. The predicted molar refractivity (Wildman–Crippen MR) is 98.8 cm³/mol. The standard InChI is InChI=1S/C19H22N4O4/c1-26-12-10-22-15-6-2-8-20-17(15)23(19(22)25)14-5-3-9-21(13-14)18(24)16-7-4-11-27-16/h2,4,6-8,11,14H,3,5,9-10,12-13H2,1H3/t14-/m0/s1. The third kappa shape index (κ3) is 3.16. The SMILES string of the molecule is COCCn1c(=O)n([C@H]2CCCN(C(=O)c3ccco3)C2)c2ncccc21. The number of likely N-dealkylation sites (tertiary alicyclic amines) is 1. The van der Waals surface area contributed by atoms with Crippen molar-refractivity contribution in [2.75, 3.05) is 26.8 Å². The van der Waals surface area contributed by atoms with Crippen molar-refractivity contribution < 1.29 is 13.9 Å². The molecule has 8 heteroatoms. The quantitative estimate of drug-likeness (QED) is 0.685. The maximum Gasteiger partial charge on any atom is 0.330 e. The Hall–Kier alpha value is -2.87. The van der Waals surface area contributed by atoms with Crippen LogP contribution in [-0.4, -0.2) is 51.7 Å². The Bertz CT molecular complexity index is 989. The van der Waals surface area contributed by atoms with E-state index in [0.717, 1.165) is 18.4 Å². The molecule has 4 heterocycles. The molecule has 0 N–H and O–H groups in total. The van der Waals surface area contributed by atoms with Gasteiger partial charge in [-0.1, -0.05) is 0 Å². The Morgan fingerprint density at radius 3 is 3.04 bits per heavy atom. The lowest BCUT2D eigenvalue weighted by molar-refractivity contribution is 0.0647. The second-order valence-electron chi connectivity index (χ2n) is 6.67. The molecule has 0 aliphatic carbocycles. The van der Waals surface area contributed by atoms with Crippen molar-refractivity contribution in [3.63, 3.8) is 0 Å². The summed E-state index contributed by atoms with van der Waals surface area (Å²) >= 11 is 0. The van der Waals surface area contributed by atoms with Crippen molar-refractivity contribution in [2.24, 2.45) is 0 Å². The molecule has 4 rings (SSSR count). The molecular formula is C19H22N4O4. The first kappa shape index (κ1) is 17.5. The smallest absolute Gasteiger partial charge is 0.330 e. The van der Waals surface area contributed by atoms with Crippen molar-refractivity contribution in [3.8, 4) is 0 Å². The molecule has 0 spiro atoms. The molecule has 0 unspecified atom stereocenters. The summed E-state index contributed by atoms with van der Waals surface area (Å²) in [6.07, 6.45) is 4.82. The number of imidazole rings is 1. The number of nitrogens with zero attached hydrogens (tertiary/aromatic N) is 4. The van der Waals surface area contributed by atoms with E-state index in [2.05, 4.69) is 4.98 Å². The number of carbonyl (C=O) groups is 1. The van der Waals surface area contributed by atoms with Crippen LogP contribution in [0.3, 0.4) is 0 Å². The van der Waals surface area contributed by atoms with Crippen LogP contribution in [0.25, 0.3) is 11.2 Å². The summed E-state index contributed by atoms with van der Waals surface area (Å²) in [6.45, 7) is 2.02. The highest BCUT2D eigenvalue weighted by molar-refractivity contribution is 5.91. The molecule has 1 saturated heterocycles. The minimum Gasteiger partial charge on any atom is -0.459 e. The summed E-state index contributed by atoms with van der Waals surface area (Å²) in [5.74, 6) is 0.178. The minimum atomic E-state index is -0.145. The van der Waals surface area contributed by atoms with Crippen LogP contribution >= 0.6 is 0 Å². The maximum absolute atomic E-state index is 13.1. The van der Waals surface area contributed by atoms with Gasteiger partial charge in [0, 0.05) is 26.4 Å². The summed E-state index contributed by atoms with van der Waals surface area (Å²) < 4.78 is 13.8. The number of pyridine rings is 1. The first-order valence-corrected chi connectivity index (χ1v) is 9.08. The Kier molecular flexibility index (Phi) is 4.81. The van der Waals surface area contributed by atoms with E-state index in [0.29, 0.717) is 37.6 Å². The zero-order valence-corrected chi connectivity index (χ0v) is 15.2. The molecule has 1 atom stereocenters. The fourth-order valence-electron chi connectivity index (χ4n) is 3.74. The Morgan fingerprint density at radius 2 is 2.26 bits per heavy atom. The zero-order valence-electron chi connectivity index (χ0n) is 15.2. The summed E-state index contributed by atoms with van der Waals surface area (Å²) in [6, 6.07) is 6.96. The zero-order chi connectivity index (χ0) is 18.8. The average molecular weight is 370 g/mol. The highest BCUT2D eigenvalue weighted by atomic mass is 16.5. The number of aromatic nitrogens is 3. The molecular weight excluding hydrogens is 348 g/mol. The van der Waals surface area contributed by atoms with Gasteiger partial charge in [0.15, 0.2) is 11.4 Å². The van der Waals surface area contributed by atoms with Gasteiger partial charge in [-0.15, -0.1) is 0 Å². The van der Waals surface area contributed by atoms with Crippen LogP contribution in [-0.2, 0) is 11.3 Å². The molecule has 1 fully saturated rings. The van der Waals surface area contributed by atoms with Crippen LogP contribution in [0.5, 0.6) is 0 Å². The van der Waals surface area contributed by atoms with Crippen LogP contribution in [0.15, 0.2) is 45.9 Å². The number of hydrogen-bond acceptors (Lipinski definition) is 5. The molecule has 3 aromatic heterocycles. The molecule has 0 radical (unpaired) electrons. The molecule has 0 bridgehead atoms. The Balaban J connectivity index is 1.68. The molecule has 0 saturated carbocycles. The van der Waals surface area contributed by atoms with Crippen LogP contribution < -0.4 is 5.69 Å². The fourth-order valence-corrected chi connectivity index (χ4v) is 3.74. The van der Waals surface area contributed by atoms with Crippen LogP contribution in [0.1, 0.15) is 29.4 Å². The summed E-state index contributed by atoms with van der Waals surface area (Å²) in [7, 11) is 1.61. The molecule has 1 aliphatic heterocycles. The Labute approximate surface area is 156 Å². The first-order chi connectivity index (χ1) is 13.2. The maximum atomic E-state index is 13.1. The van der Waals surface area contributed by atoms with Gasteiger partial charge in [-0.05, 0) is 37.1 Å². The number of ether oxygens (including phenoxy) is 1. The minimum absolute atomic E-state index is 0.113. The van der Waals surface area contributed by atoms with Crippen LogP contribution in [0.2, 0.25) is 0 Å². The van der Waals surface area contributed by atoms with Crippen LogP contribution in [0.4, 0.5) is 0 Å². The largest absolute Gasteiger partial charge is 0.459 e. The van der Waals surface area contributed by atoms with Gasteiger partial charge in [0.25, 0.3) is 5.91 Å². The van der Waals surface area contributed by atoms with E-state index in [1.165, 1.54) is 6.26 Å². The van der Waals surface area contributed by atoms with Gasteiger partial charge in [0.1, 0.15) is 0 Å². The Morgan fingerprint density at radius 1 is 1.37 bits per heavy atom. The monoisotopic (exact) mass is 370 g/mol. The van der Waals surface area contributed by atoms with Gasteiger partial charge < -0.3 is 14.1 Å². The van der Waals surface area contributed by atoms with Crippen LogP contribution in [0, 0.1) is 0 Å². The third-order valence-corrected chi connectivity index (χ3v) is 5.02. The molecule has 3 aromatic rings. The molecule has 8 nitrogen and oxygen atoms in total. The van der Waals surface area contributed by atoms with Gasteiger partial charge in [-0.2, -0.15) is 0 Å². The van der Waals surface area contributed by atoms with E-state index in [1.807, 2.05) is 12.1 Å². The highest BCUT2D eigenvalue weighted by Crippen LogP contribution is 2.25. The molecule has 1 aliphatic rings. The second kappa shape index (κ2) is 7.40. The topological polar surface area (TPSA) is 82.5 Å².